The third kappa shape index (κ3) is 2.97. The summed E-state index contributed by atoms with van der Waals surface area (Å²) >= 11 is 0. The van der Waals surface area contributed by atoms with E-state index in [0.29, 0.717) is 0 Å². The van der Waals surface area contributed by atoms with Crippen LogP contribution in [0.2, 0.25) is 0 Å². The van der Waals surface area contributed by atoms with Crippen molar-refractivity contribution in [2.45, 2.75) is 33.5 Å². The first-order valence-electron chi connectivity index (χ1n) is 7.42. The van der Waals surface area contributed by atoms with Gasteiger partial charge < -0.3 is 5.32 Å². The van der Waals surface area contributed by atoms with Crippen LogP contribution < -0.4 is 5.32 Å². The Labute approximate surface area is 124 Å². The predicted octanol–water partition coefficient (Wildman–Crippen LogP) is 2.35. The zero-order chi connectivity index (χ0) is 14.7. The second-order valence-corrected chi connectivity index (χ2v) is 5.24. The first-order chi connectivity index (χ1) is 10.3. The van der Waals surface area contributed by atoms with Crippen LogP contribution in [0.15, 0.2) is 36.7 Å². The van der Waals surface area contributed by atoms with Gasteiger partial charge in [0.05, 0.1) is 24.0 Å². The number of benzene rings is 1. The van der Waals surface area contributed by atoms with Gasteiger partial charge in [-0.3, -0.25) is 9.36 Å². The zero-order valence-electron chi connectivity index (χ0n) is 12.6. The summed E-state index contributed by atoms with van der Waals surface area (Å²) in [7, 11) is 0. The molecule has 0 atom stereocenters. The molecule has 3 rings (SSSR count). The first-order valence-corrected chi connectivity index (χ1v) is 7.42. The standard InChI is InChI=1S/C16H21N5/c1-3-21-16-7-5-4-6-14(16)15(19-21)11-17-8-9-20-12-13(2)10-18-20/h4-7,10,12,17H,3,8-9,11H2,1-2H3. The number of hydrogen-bond acceptors (Lipinski definition) is 3. The van der Waals surface area contributed by atoms with Crippen LogP contribution in [0.4, 0.5) is 0 Å². The number of rotatable bonds is 6. The first kappa shape index (κ1) is 13.8. The zero-order valence-corrected chi connectivity index (χ0v) is 12.6. The van der Waals surface area contributed by atoms with E-state index in [-0.39, 0.29) is 0 Å². The van der Waals surface area contributed by atoms with Crippen LogP contribution in [0, 0.1) is 6.92 Å². The molecule has 0 spiro atoms. The molecule has 0 radical (unpaired) electrons. The highest BCUT2D eigenvalue weighted by atomic mass is 15.3. The Morgan fingerprint density at radius 3 is 2.86 bits per heavy atom. The molecule has 21 heavy (non-hydrogen) atoms. The number of aromatic nitrogens is 4. The van der Waals surface area contributed by atoms with E-state index >= 15 is 0 Å². The van der Waals surface area contributed by atoms with Crippen LogP contribution in [0.3, 0.4) is 0 Å². The molecule has 0 fully saturated rings. The highest BCUT2D eigenvalue weighted by Gasteiger charge is 2.08. The van der Waals surface area contributed by atoms with Crippen molar-refractivity contribution in [3.8, 4) is 0 Å². The quantitative estimate of drug-likeness (QED) is 0.706. The topological polar surface area (TPSA) is 47.7 Å². The van der Waals surface area contributed by atoms with Crippen molar-refractivity contribution in [3.05, 3.63) is 47.9 Å². The highest BCUT2D eigenvalue weighted by Crippen LogP contribution is 2.18. The van der Waals surface area contributed by atoms with E-state index in [1.807, 2.05) is 10.9 Å². The van der Waals surface area contributed by atoms with E-state index in [2.05, 4.69) is 64.5 Å². The molecule has 0 saturated carbocycles. The highest BCUT2D eigenvalue weighted by molar-refractivity contribution is 5.81. The van der Waals surface area contributed by atoms with Gasteiger partial charge in [-0.2, -0.15) is 10.2 Å². The van der Waals surface area contributed by atoms with E-state index in [1.165, 1.54) is 16.5 Å². The second-order valence-electron chi connectivity index (χ2n) is 5.24. The average Bonchev–Trinajstić information content (AvgIpc) is 3.07. The number of aryl methyl sites for hydroxylation is 2. The summed E-state index contributed by atoms with van der Waals surface area (Å²) < 4.78 is 4.02. The average molecular weight is 283 g/mol. The van der Waals surface area contributed by atoms with Crippen molar-refractivity contribution >= 4 is 10.9 Å². The molecule has 0 amide bonds. The molecule has 5 nitrogen and oxygen atoms in total. The van der Waals surface area contributed by atoms with Crippen molar-refractivity contribution in [2.24, 2.45) is 0 Å². The summed E-state index contributed by atoms with van der Waals surface area (Å²) in [4.78, 5) is 0. The van der Waals surface area contributed by atoms with E-state index in [0.717, 1.165) is 31.9 Å². The fraction of sp³-hybridized carbons (Fsp3) is 0.375. The predicted molar refractivity (Wildman–Crippen MR) is 84.1 cm³/mol. The summed E-state index contributed by atoms with van der Waals surface area (Å²) in [5.41, 5.74) is 3.52. The number of nitrogens with one attached hydrogen (secondary N) is 1. The minimum absolute atomic E-state index is 0.785. The lowest BCUT2D eigenvalue weighted by Gasteiger charge is -2.03. The molecule has 2 aromatic heterocycles. The van der Waals surface area contributed by atoms with Crippen LogP contribution in [-0.4, -0.2) is 26.1 Å². The van der Waals surface area contributed by atoms with Crippen molar-refractivity contribution < 1.29 is 0 Å². The van der Waals surface area contributed by atoms with E-state index < -0.39 is 0 Å². The Bertz CT molecular complexity index is 725. The molecule has 110 valence electrons. The molecule has 0 saturated heterocycles. The van der Waals surface area contributed by atoms with Crippen LogP contribution in [0.5, 0.6) is 0 Å². The SMILES string of the molecule is CCn1nc(CNCCn2cc(C)cn2)c2ccccc21. The van der Waals surface area contributed by atoms with Crippen molar-refractivity contribution in [3.63, 3.8) is 0 Å². The van der Waals surface area contributed by atoms with Crippen molar-refractivity contribution in [2.75, 3.05) is 6.54 Å². The molecular weight excluding hydrogens is 262 g/mol. The van der Waals surface area contributed by atoms with Gasteiger partial charge in [0.2, 0.25) is 0 Å². The number of para-hydroxylation sites is 1. The van der Waals surface area contributed by atoms with E-state index in [4.69, 9.17) is 0 Å². The maximum atomic E-state index is 4.69. The third-order valence-electron chi connectivity index (χ3n) is 3.61. The third-order valence-corrected chi connectivity index (χ3v) is 3.61. The largest absolute Gasteiger partial charge is 0.309 e. The van der Waals surface area contributed by atoms with Gasteiger partial charge >= 0.3 is 0 Å². The van der Waals surface area contributed by atoms with Gasteiger partial charge in [0.15, 0.2) is 0 Å². The molecule has 0 aliphatic carbocycles. The normalized spacial score (nSPS) is 11.3. The lowest BCUT2D eigenvalue weighted by Crippen LogP contribution is -2.20. The minimum atomic E-state index is 0.785. The van der Waals surface area contributed by atoms with Crippen LogP contribution in [0.1, 0.15) is 18.2 Å². The molecular formula is C16H21N5. The fourth-order valence-electron chi connectivity index (χ4n) is 2.56. The van der Waals surface area contributed by atoms with Gasteiger partial charge in [-0.15, -0.1) is 0 Å². The molecule has 2 heterocycles. The molecule has 0 unspecified atom stereocenters. The summed E-state index contributed by atoms with van der Waals surface area (Å²) in [5.74, 6) is 0. The van der Waals surface area contributed by atoms with Crippen LogP contribution in [-0.2, 0) is 19.6 Å². The number of hydrogen-bond donors (Lipinski definition) is 1. The Kier molecular flexibility index (Phi) is 4.01. The van der Waals surface area contributed by atoms with Gasteiger partial charge in [-0.05, 0) is 25.5 Å². The Morgan fingerprint density at radius 2 is 2.10 bits per heavy atom. The second kappa shape index (κ2) is 6.10. The van der Waals surface area contributed by atoms with Gasteiger partial charge in [-0.25, -0.2) is 0 Å². The summed E-state index contributed by atoms with van der Waals surface area (Å²) in [6.07, 6.45) is 3.94. The van der Waals surface area contributed by atoms with Gasteiger partial charge in [0, 0.05) is 31.2 Å². The molecule has 1 aromatic carbocycles. The van der Waals surface area contributed by atoms with Crippen molar-refractivity contribution in [1.82, 2.24) is 24.9 Å². The van der Waals surface area contributed by atoms with Gasteiger partial charge in [0.25, 0.3) is 0 Å². The van der Waals surface area contributed by atoms with Gasteiger partial charge in [-0.1, -0.05) is 18.2 Å². The molecule has 1 N–H and O–H groups in total. The lowest BCUT2D eigenvalue weighted by atomic mass is 10.2. The Morgan fingerprint density at radius 1 is 1.24 bits per heavy atom. The number of nitrogens with zero attached hydrogens (tertiary/aromatic N) is 4. The molecule has 0 bridgehead atoms. The van der Waals surface area contributed by atoms with Crippen molar-refractivity contribution in [1.29, 1.82) is 0 Å². The summed E-state index contributed by atoms with van der Waals surface area (Å²) in [6, 6.07) is 8.40. The fourth-order valence-corrected chi connectivity index (χ4v) is 2.56. The molecule has 5 heteroatoms. The van der Waals surface area contributed by atoms with E-state index in [1.54, 1.807) is 0 Å². The smallest absolute Gasteiger partial charge is 0.0841 e. The minimum Gasteiger partial charge on any atom is -0.309 e. The van der Waals surface area contributed by atoms with E-state index in [9.17, 15) is 0 Å². The molecule has 0 aliphatic heterocycles. The Hall–Kier alpha value is -2.14. The number of fused-ring (bicyclic) bond motifs is 1. The maximum Gasteiger partial charge on any atom is 0.0841 e. The molecule has 3 aromatic rings. The molecule has 0 aliphatic rings. The maximum absolute atomic E-state index is 4.69. The van der Waals surface area contributed by atoms with Crippen LogP contribution in [0.25, 0.3) is 10.9 Å². The summed E-state index contributed by atoms with van der Waals surface area (Å²) in [5, 5.41) is 13.7. The monoisotopic (exact) mass is 283 g/mol. The lowest BCUT2D eigenvalue weighted by molar-refractivity contribution is 0.547. The van der Waals surface area contributed by atoms with Crippen LogP contribution >= 0.6 is 0 Å². The summed E-state index contributed by atoms with van der Waals surface area (Å²) in [6.45, 7) is 7.62. The van der Waals surface area contributed by atoms with Gasteiger partial charge in [0.1, 0.15) is 0 Å². The Balaban J connectivity index is 1.63.